The number of benzene rings is 1. The minimum atomic E-state index is -0.533. The molecule has 1 unspecified atom stereocenters. The van der Waals surface area contributed by atoms with Crippen LogP contribution in [0, 0.1) is 5.92 Å². The fourth-order valence-corrected chi connectivity index (χ4v) is 1.85. The minimum absolute atomic E-state index is 0.0190. The molecule has 0 spiro atoms. The maximum absolute atomic E-state index is 11.7. The minimum Gasteiger partial charge on any atom is -0.465 e. The highest BCUT2D eigenvalue weighted by molar-refractivity contribution is 6.00. The topological polar surface area (TPSA) is 96.9 Å². The number of amides is 2. The Morgan fingerprint density at radius 2 is 1.76 bits per heavy atom. The predicted molar refractivity (Wildman–Crippen MR) is 94.6 cm³/mol. The van der Waals surface area contributed by atoms with Crippen molar-refractivity contribution < 1.29 is 19.1 Å². The first kappa shape index (κ1) is 20.3. The molecule has 0 aliphatic rings. The summed E-state index contributed by atoms with van der Waals surface area (Å²) in [6.45, 7) is 5.73. The third-order valence-corrected chi connectivity index (χ3v) is 3.54. The number of hydrogen-bond donors (Lipinski definition) is 2. The van der Waals surface area contributed by atoms with Crippen LogP contribution in [-0.2, 0) is 25.7 Å². The van der Waals surface area contributed by atoms with Gasteiger partial charge in [0.25, 0.3) is 0 Å². The van der Waals surface area contributed by atoms with E-state index in [1.807, 2.05) is 30.3 Å². The zero-order valence-corrected chi connectivity index (χ0v) is 14.9. The van der Waals surface area contributed by atoms with Crippen LogP contribution in [0.1, 0.15) is 39.2 Å². The van der Waals surface area contributed by atoms with Gasteiger partial charge in [-0.1, -0.05) is 30.3 Å². The molecule has 7 nitrogen and oxygen atoms in total. The lowest BCUT2D eigenvalue weighted by Gasteiger charge is -2.10. The maximum atomic E-state index is 11.7. The van der Waals surface area contributed by atoms with E-state index in [4.69, 9.17) is 4.74 Å². The zero-order chi connectivity index (χ0) is 18.7. The van der Waals surface area contributed by atoms with E-state index in [2.05, 4.69) is 15.8 Å². The van der Waals surface area contributed by atoms with Gasteiger partial charge in [-0.15, -0.1) is 0 Å². The van der Waals surface area contributed by atoms with Crippen LogP contribution < -0.4 is 10.7 Å². The van der Waals surface area contributed by atoms with E-state index < -0.39 is 11.9 Å². The summed E-state index contributed by atoms with van der Waals surface area (Å²) in [6, 6.07) is 9.52. The second-order valence-electron chi connectivity index (χ2n) is 5.52. The first-order valence-corrected chi connectivity index (χ1v) is 8.24. The lowest BCUT2D eigenvalue weighted by atomic mass is 10.1. The Bertz CT molecular complexity index is 614. The average Bonchev–Trinajstić information content (AvgIpc) is 2.63. The molecule has 0 aromatic heterocycles. The summed E-state index contributed by atoms with van der Waals surface area (Å²) in [5.41, 5.74) is 3.79. The van der Waals surface area contributed by atoms with Gasteiger partial charge in [-0.2, -0.15) is 5.10 Å². The van der Waals surface area contributed by atoms with Gasteiger partial charge in [0.05, 0.1) is 12.5 Å². The van der Waals surface area contributed by atoms with E-state index in [0.29, 0.717) is 18.9 Å². The summed E-state index contributed by atoms with van der Waals surface area (Å²) >= 11 is 0. The molecule has 0 radical (unpaired) electrons. The van der Waals surface area contributed by atoms with Gasteiger partial charge in [0.1, 0.15) is 0 Å². The fourth-order valence-electron chi connectivity index (χ4n) is 1.85. The molecule has 0 saturated heterocycles. The van der Waals surface area contributed by atoms with E-state index in [1.165, 1.54) is 0 Å². The van der Waals surface area contributed by atoms with Crippen molar-refractivity contribution in [1.82, 2.24) is 10.7 Å². The van der Waals surface area contributed by atoms with Gasteiger partial charge in [-0.3, -0.25) is 14.4 Å². The molecule has 1 rings (SSSR count). The molecule has 1 atom stereocenters. The molecule has 0 fully saturated rings. The average molecular weight is 347 g/mol. The predicted octanol–water partition coefficient (Wildman–Crippen LogP) is 1.77. The number of ether oxygens (including phenoxy) is 1. The zero-order valence-electron chi connectivity index (χ0n) is 14.9. The number of carbonyl (C=O) groups is 3. The van der Waals surface area contributed by atoms with Gasteiger partial charge < -0.3 is 10.1 Å². The summed E-state index contributed by atoms with van der Waals surface area (Å²) in [4.78, 5) is 35.0. The van der Waals surface area contributed by atoms with Crippen molar-refractivity contribution in [3.05, 3.63) is 35.9 Å². The number of carbonyl (C=O) groups excluding carboxylic acids is 3. The first-order valence-electron chi connectivity index (χ1n) is 8.24. The van der Waals surface area contributed by atoms with Gasteiger partial charge in [0, 0.05) is 25.1 Å². The highest BCUT2D eigenvalue weighted by atomic mass is 16.5. The molecule has 136 valence electrons. The Morgan fingerprint density at radius 3 is 2.40 bits per heavy atom. The smallest absolute Gasteiger partial charge is 0.314 e. The van der Waals surface area contributed by atoms with Crippen molar-refractivity contribution in [2.24, 2.45) is 11.0 Å². The number of nitrogens with one attached hydrogen (secondary N) is 2. The molecule has 2 amide bonds. The van der Waals surface area contributed by atoms with Crippen LogP contribution in [-0.4, -0.2) is 30.1 Å². The van der Waals surface area contributed by atoms with Crippen molar-refractivity contribution in [2.45, 2.75) is 40.2 Å². The third kappa shape index (κ3) is 8.10. The quantitative estimate of drug-likeness (QED) is 0.404. The van der Waals surface area contributed by atoms with E-state index in [9.17, 15) is 14.4 Å². The number of hydrogen-bond acceptors (Lipinski definition) is 5. The number of esters is 1. The summed E-state index contributed by atoms with van der Waals surface area (Å²) in [5, 5.41) is 6.63. The third-order valence-electron chi connectivity index (χ3n) is 3.54. The second-order valence-corrected chi connectivity index (χ2v) is 5.52. The monoisotopic (exact) mass is 347 g/mol. The summed E-state index contributed by atoms with van der Waals surface area (Å²) in [5.74, 6) is -1.52. The Hall–Kier alpha value is -2.70. The molecule has 1 aromatic carbocycles. The van der Waals surface area contributed by atoms with Crippen LogP contribution in [0.5, 0.6) is 0 Å². The van der Waals surface area contributed by atoms with Gasteiger partial charge in [-0.05, 0) is 26.3 Å². The number of rotatable bonds is 9. The molecule has 0 aliphatic heterocycles. The van der Waals surface area contributed by atoms with Gasteiger partial charge in [0.15, 0.2) is 0 Å². The molecule has 0 heterocycles. The molecule has 25 heavy (non-hydrogen) atoms. The van der Waals surface area contributed by atoms with Crippen LogP contribution in [0.3, 0.4) is 0 Å². The van der Waals surface area contributed by atoms with Crippen molar-refractivity contribution >= 4 is 23.5 Å². The molecular formula is C18H25N3O4. The highest BCUT2D eigenvalue weighted by Crippen LogP contribution is 2.02. The van der Waals surface area contributed by atoms with Crippen LogP contribution in [0.25, 0.3) is 0 Å². The highest BCUT2D eigenvalue weighted by Gasteiger charge is 2.17. The SMILES string of the molecule is CCOC(=O)C(C)/C(C)=N/NC(=O)CCC(=O)NCc1ccccc1. The summed E-state index contributed by atoms with van der Waals surface area (Å²) < 4.78 is 4.89. The van der Waals surface area contributed by atoms with Gasteiger partial charge in [-0.25, -0.2) is 5.43 Å². The fraction of sp³-hybridized carbons (Fsp3) is 0.444. The Kier molecular flexibility index (Phi) is 8.92. The summed E-state index contributed by atoms with van der Waals surface area (Å²) in [6.07, 6.45) is 0.0891. The Labute approximate surface area is 147 Å². The van der Waals surface area contributed by atoms with Crippen LogP contribution in [0.4, 0.5) is 0 Å². The second kappa shape index (κ2) is 11.0. The van der Waals surface area contributed by atoms with E-state index in [0.717, 1.165) is 5.56 Å². The Balaban J connectivity index is 2.30. The van der Waals surface area contributed by atoms with E-state index >= 15 is 0 Å². The van der Waals surface area contributed by atoms with Crippen LogP contribution >= 0.6 is 0 Å². The molecule has 0 bridgehead atoms. The van der Waals surface area contributed by atoms with Crippen LogP contribution in [0.15, 0.2) is 35.4 Å². The standard InChI is InChI=1S/C18H25N3O4/c1-4-25-18(24)13(2)14(3)20-21-17(23)11-10-16(22)19-12-15-8-6-5-7-9-15/h5-9,13H,4,10-12H2,1-3H3,(H,19,22)(H,21,23)/b20-14+. The molecule has 1 aromatic rings. The Morgan fingerprint density at radius 1 is 1.12 bits per heavy atom. The molecule has 0 saturated carbocycles. The van der Waals surface area contributed by atoms with Gasteiger partial charge >= 0.3 is 5.97 Å². The molecule has 2 N–H and O–H groups in total. The van der Waals surface area contributed by atoms with Crippen LogP contribution in [0.2, 0.25) is 0 Å². The largest absolute Gasteiger partial charge is 0.465 e. The normalized spacial score (nSPS) is 12.2. The maximum Gasteiger partial charge on any atom is 0.314 e. The van der Waals surface area contributed by atoms with Crippen molar-refractivity contribution in [3.8, 4) is 0 Å². The first-order chi connectivity index (χ1) is 11.9. The van der Waals surface area contributed by atoms with E-state index in [1.54, 1.807) is 20.8 Å². The molecular weight excluding hydrogens is 322 g/mol. The summed E-state index contributed by atoms with van der Waals surface area (Å²) in [7, 11) is 0. The number of hydrazone groups is 1. The van der Waals surface area contributed by atoms with E-state index in [-0.39, 0.29) is 24.7 Å². The lowest BCUT2D eigenvalue weighted by molar-refractivity contribution is -0.145. The molecule has 7 heteroatoms. The van der Waals surface area contributed by atoms with Crippen molar-refractivity contribution in [2.75, 3.05) is 6.61 Å². The number of nitrogens with zero attached hydrogens (tertiary/aromatic N) is 1. The lowest BCUT2D eigenvalue weighted by Crippen LogP contribution is -2.27. The van der Waals surface area contributed by atoms with Crippen molar-refractivity contribution in [1.29, 1.82) is 0 Å². The molecule has 0 aliphatic carbocycles. The van der Waals surface area contributed by atoms with Crippen molar-refractivity contribution in [3.63, 3.8) is 0 Å². The van der Waals surface area contributed by atoms with Gasteiger partial charge in [0.2, 0.25) is 11.8 Å².